The van der Waals surface area contributed by atoms with E-state index in [4.69, 9.17) is 5.73 Å². The van der Waals surface area contributed by atoms with E-state index in [2.05, 4.69) is 0 Å². The Labute approximate surface area is 171 Å². The second kappa shape index (κ2) is 6.51. The highest BCUT2D eigenvalue weighted by Crippen LogP contribution is 2.38. The molecule has 1 amide bonds. The fourth-order valence-corrected chi connectivity index (χ4v) is 6.44. The Morgan fingerprint density at radius 2 is 1.40 bits per heavy atom. The number of hydrogen-bond donors (Lipinski definition) is 1. The lowest BCUT2D eigenvalue weighted by atomic mass is 10.1. The highest BCUT2D eigenvalue weighted by Gasteiger charge is 2.39. The van der Waals surface area contributed by atoms with Crippen molar-refractivity contribution in [2.75, 3.05) is 0 Å². The molecule has 0 spiro atoms. The van der Waals surface area contributed by atoms with Crippen LogP contribution < -0.4 is 10.8 Å². The molecule has 8 nitrogen and oxygen atoms in total. The molecule has 2 aliphatic rings. The van der Waals surface area contributed by atoms with E-state index in [1.54, 1.807) is 0 Å². The van der Waals surface area contributed by atoms with Gasteiger partial charge in [0.05, 0.1) is 14.7 Å². The normalized spacial score (nSPS) is 20.3. The van der Waals surface area contributed by atoms with Crippen LogP contribution in [-0.4, -0.2) is 28.5 Å². The number of primary amides is 1. The minimum Gasteiger partial charge on any atom is -0.871 e. The van der Waals surface area contributed by atoms with E-state index >= 15 is 0 Å². The first-order chi connectivity index (χ1) is 14.1. The van der Waals surface area contributed by atoms with E-state index in [1.807, 2.05) is 0 Å². The second-order valence-electron chi connectivity index (χ2n) is 6.49. The number of allylic oxidation sites excluding steroid dienone is 2. The summed E-state index contributed by atoms with van der Waals surface area (Å²) >= 11 is 0. The van der Waals surface area contributed by atoms with Crippen LogP contribution in [0, 0.1) is 0 Å². The number of rotatable bonds is 3. The van der Waals surface area contributed by atoms with Crippen molar-refractivity contribution in [3.63, 3.8) is 0 Å². The van der Waals surface area contributed by atoms with Crippen LogP contribution in [0.15, 0.2) is 85.9 Å². The number of ketones is 1. The maximum Gasteiger partial charge on any atom is 0.248 e. The van der Waals surface area contributed by atoms with Gasteiger partial charge in [-0.2, -0.15) is 0 Å². The van der Waals surface area contributed by atoms with Crippen LogP contribution in [0.1, 0.15) is 15.9 Å². The van der Waals surface area contributed by atoms with Crippen molar-refractivity contribution in [2.45, 2.75) is 9.79 Å². The number of benzene rings is 2. The van der Waals surface area contributed by atoms with Crippen LogP contribution in [0.4, 0.5) is 0 Å². The number of Topliss-reactive ketones (excluding diaryl/α,β-unsaturated/α-hetero) is 1. The third-order valence-corrected chi connectivity index (χ3v) is 8.36. The second-order valence-corrected chi connectivity index (χ2v) is 10.3. The summed E-state index contributed by atoms with van der Waals surface area (Å²) < 4.78 is 50.8. The molecule has 0 aliphatic carbocycles. The van der Waals surface area contributed by atoms with Gasteiger partial charge in [0.15, 0.2) is 0 Å². The molecule has 0 saturated carbocycles. The van der Waals surface area contributed by atoms with Crippen LogP contribution in [0.5, 0.6) is 0 Å². The van der Waals surface area contributed by atoms with Gasteiger partial charge in [-0.15, -0.1) is 0 Å². The van der Waals surface area contributed by atoms with Crippen LogP contribution in [0.3, 0.4) is 0 Å². The highest BCUT2D eigenvalue weighted by atomic mass is 32.2. The first-order valence-electron chi connectivity index (χ1n) is 8.44. The van der Waals surface area contributed by atoms with Gasteiger partial charge in [0.2, 0.25) is 31.4 Å². The predicted octanol–water partition coefficient (Wildman–Crippen LogP) is 0.469. The van der Waals surface area contributed by atoms with Crippen molar-refractivity contribution in [3.05, 3.63) is 87.2 Å². The molecule has 0 radical (unpaired) electrons. The monoisotopic (exact) mass is 442 g/mol. The minimum absolute atomic E-state index is 0.0720. The Morgan fingerprint density at radius 3 is 1.93 bits per heavy atom. The first kappa shape index (κ1) is 19.8. The van der Waals surface area contributed by atoms with Gasteiger partial charge in [-0.1, -0.05) is 36.1 Å². The molecule has 2 heterocycles. The lowest BCUT2D eigenvalue weighted by Gasteiger charge is -2.08. The van der Waals surface area contributed by atoms with E-state index in [-0.39, 0.29) is 20.9 Å². The van der Waals surface area contributed by atoms with E-state index in [9.17, 15) is 31.5 Å². The molecule has 0 aromatic heterocycles. The zero-order valence-electron chi connectivity index (χ0n) is 15.0. The number of nitrogens with two attached hydrogens (primary N) is 1. The summed E-state index contributed by atoms with van der Waals surface area (Å²) in [5.74, 6) is -2.91. The fourth-order valence-electron chi connectivity index (χ4n) is 3.28. The Kier molecular flexibility index (Phi) is 4.29. The van der Waals surface area contributed by atoms with Gasteiger partial charge in [-0.3, -0.25) is 9.59 Å². The molecule has 0 atom stereocenters. The SMILES string of the molecule is NC(=O)C(=CC1=C([O-])c2ccccc2S1(=O)=O)C=C1C(=O)c2ccccc2S1(=O)=O. The van der Waals surface area contributed by atoms with Crippen molar-refractivity contribution < 1.29 is 31.5 Å². The fraction of sp³-hybridized carbons (Fsp3) is 0. The zero-order chi connectivity index (χ0) is 21.8. The Balaban J connectivity index is 1.91. The molecule has 10 heteroatoms. The Morgan fingerprint density at radius 1 is 0.867 bits per heavy atom. The molecule has 0 unspecified atom stereocenters. The lowest BCUT2D eigenvalue weighted by molar-refractivity contribution is -0.244. The Hall–Kier alpha value is -3.50. The average molecular weight is 442 g/mol. The molecule has 2 aromatic carbocycles. The van der Waals surface area contributed by atoms with Crippen LogP contribution >= 0.6 is 0 Å². The maximum absolute atomic E-state index is 12.7. The number of hydrogen-bond acceptors (Lipinski definition) is 7. The molecule has 152 valence electrons. The molecule has 2 aliphatic heterocycles. The molecule has 0 bridgehead atoms. The molecule has 30 heavy (non-hydrogen) atoms. The molecule has 4 rings (SSSR count). The van der Waals surface area contributed by atoms with Crippen LogP contribution in [0.2, 0.25) is 0 Å². The van der Waals surface area contributed by atoms with Gasteiger partial charge < -0.3 is 10.8 Å². The van der Waals surface area contributed by atoms with Gasteiger partial charge in [0.1, 0.15) is 4.91 Å². The molecular formula is C20H12NO7S2-. The van der Waals surface area contributed by atoms with E-state index in [0.29, 0.717) is 12.2 Å². The summed E-state index contributed by atoms with van der Waals surface area (Å²) in [6.45, 7) is 0. The van der Waals surface area contributed by atoms with Crippen LogP contribution in [-0.2, 0) is 24.5 Å². The van der Waals surface area contributed by atoms with Crippen molar-refractivity contribution >= 4 is 37.1 Å². The summed E-state index contributed by atoms with van der Waals surface area (Å²) in [6.07, 6.45) is 1.41. The van der Waals surface area contributed by atoms with Crippen LogP contribution in [0.25, 0.3) is 5.76 Å². The summed E-state index contributed by atoms with van der Waals surface area (Å²) in [6, 6.07) is 11.0. The van der Waals surface area contributed by atoms with E-state index < -0.39 is 52.5 Å². The third kappa shape index (κ3) is 2.72. The van der Waals surface area contributed by atoms with Crippen molar-refractivity contribution in [3.8, 4) is 0 Å². The summed E-state index contributed by atoms with van der Waals surface area (Å²) in [5.41, 5.74) is 4.55. The molecular weight excluding hydrogens is 430 g/mol. The van der Waals surface area contributed by atoms with E-state index in [0.717, 1.165) is 0 Å². The number of amides is 1. The summed E-state index contributed by atoms with van der Waals surface area (Å²) in [5, 5.41) is 12.6. The smallest absolute Gasteiger partial charge is 0.248 e. The largest absolute Gasteiger partial charge is 0.871 e. The molecule has 2 N–H and O–H groups in total. The maximum atomic E-state index is 12.7. The standard InChI is InChI=1S/C20H13NO7S2/c21-20(24)11(9-16-18(22)12-5-1-3-7-14(12)29(16,25)26)10-17-19(23)13-6-2-4-8-15(13)30(17,27)28/h1-10,22H,(H2,21,24)/p-1. The van der Waals surface area contributed by atoms with Gasteiger partial charge >= 0.3 is 0 Å². The van der Waals surface area contributed by atoms with Gasteiger partial charge in [0, 0.05) is 11.1 Å². The average Bonchev–Trinajstić information content (AvgIpc) is 3.02. The van der Waals surface area contributed by atoms with Gasteiger partial charge in [-0.05, 0) is 35.9 Å². The van der Waals surface area contributed by atoms with Gasteiger partial charge in [0.25, 0.3) is 0 Å². The number of sulfone groups is 2. The van der Waals surface area contributed by atoms with E-state index in [1.165, 1.54) is 48.5 Å². The summed E-state index contributed by atoms with van der Waals surface area (Å²) in [7, 11) is -8.47. The topological polar surface area (TPSA) is 151 Å². The number of carbonyl (C=O) groups excluding carboxylic acids is 2. The Bertz CT molecular complexity index is 1460. The molecule has 0 saturated heterocycles. The van der Waals surface area contributed by atoms with Crippen molar-refractivity contribution in [2.24, 2.45) is 5.73 Å². The number of carbonyl (C=O) groups is 2. The number of fused-ring (bicyclic) bond motifs is 2. The van der Waals surface area contributed by atoms with Gasteiger partial charge in [-0.25, -0.2) is 16.8 Å². The summed E-state index contributed by atoms with van der Waals surface area (Å²) in [4.78, 5) is 22.6. The third-order valence-electron chi connectivity index (χ3n) is 4.73. The predicted molar refractivity (Wildman–Crippen MR) is 104 cm³/mol. The quantitative estimate of drug-likeness (QED) is 0.678. The minimum atomic E-state index is -4.23. The van der Waals surface area contributed by atoms with Crippen molar-refractivity contribution in [1.82, 2.24) is 0 Å². The first-order valence-corrected chi connectivity index (χ1v) is 11.4. The zero-order valence-corrected chi connectivity index (χ0v) is 16.7. The lowest BCUT2D eigenvalue weighted by Crippen LogP contribution is -2.16. The molecule has 0 fully saturated rings. The highest BCUT2D eigenvalue weighted by molar-refractivity contribution is 7.97. The van der Waals surface area contributed by atoms with Crippen molar-refractivity contribution in [1.29, 1.82) is 0 Å². The molecule has 2 aromatic rings.